The van der Waals surface area contributed by atoms with Crippen molar-refractivity contribution >= 4 is 12.0 Å². The summed E-state index contributed by atoms with van der Waals surface area (Å²) in [6.07, 6.45) is 1.72. The summed E-state index contributed by atoms with van der Waals surface area (Å²) in [5, 5.41) is 0. The molecule has 0 saturated heterocycles. The zero-order valence-electron chi connectivity index (χ0n) is 10.1. The highest BCUT2D eigenvalue weighted by Crippen LogP contribution is 2.18. The molecule has 0 aliphatic heterocycles. The number of hydrogen-bond acceptors (Lipinski definition) is 3. The van der Waals surface area contributed by atoms with E-state index >= 15 is 0 Å². The van der Waals surface area contributed by atoms with Crippen molar-refractivity contribution in [3.05, 3.63) is 22.1 Å². The van der Waals surface area contributed by atoms with Crippen molar-refractivity contribution in [3.63, 3.8) is 0 Å². The lowest BCUT2D eigenvalue weighted by Crippen LogP contribution is -2.14. The molecule has 1 rings (SSSR count). The van der Waals surface area contributed by atoms with E-state index in [1.807, 2.05) is 18.9 Å². The number of aryl methyl sites for hydroxylation is 1. The Labute approximate surface area is 94.8 Å². The van der Waals surface area contributed by atoms with E-state index in [1.165, 1.54) is 7.11 Å². The molecule has 1 heterocycles. The monoisotopic (exact) mass is 223 g/mol. The number of aliphatic imine (C=N–C) groups is 1. The van der Waals surface area contributed by atoms with Crippen molar-refractivity contribution in [1.29, 1.82) is 0 Å². The zero-order valence-corrected chi connectivity index (χ0v) is 10.1. The third kappa shape index (κ3) is 2.85. The standard InChI is InChI=1S/C11H17N3O2/c1-5-14(3)7-12-9-6-10(16-4)11(15)13-8(9)2/h6-7H,5H2,1-4H3,(H,13,15). The summed E-state index contributed by atoms with van der Waals surface area (Å²) in [4.78, 5) is 20.3. The normalized spacial score (nSPS) is 10.8. The first-order valence-electron chi connectivity index (χ1n) is 5.10. The van der Waals surface area contributed by atoms with Gasteiger partial charge in [-0.25, -0.2) is 4.99 Å². The highest BCUT2D eigenvalue weighted by Gasteiger charge is 2.04. The average molecular weight is 223 g/mol. The second-order valence-electron chi connectivity index (χ2n) is 3.49. The van der Waals surface area contributed by atoms with Gasteiger partial charge in [-0.2, -0.15) is 0 Å². The van der Waals surface area contributed by atoms with E-state index in [9.17, 15) is 4.79 Å². The second kappa shape index (κ2) is 5.34. The Bertz CT molecular complexity index is 437. The van der Waals surface area contributed by atoms with Gasteiger partial charge in [0.1, 0.15) is 0 Å². The first-order chi connectivity index (χ1) is 7.58. The van der Waals surface area contributed by atoms with Gasteiger partial charge in [0.25, 0.3) is 5.56 Å². The van der Waals surface area contributed by atoms with Gasteiger partial charge in [-0.1, -0.05) is 0 Å². The van der Waals surface area contributed by atoms with Crippen molar-refractivity contribution in [1.82, 2.24) is 9.88 Å². The molecule has 88 valence electrons. The number of rotatable bonds is 4. The Morgan fingerprint density at radius 2 is 2.31 bits per heavy atom. The molecular weight excluding hydrogens is 206 g/mol. The summed E-state index contributed by atoms with van der Waals surface area (Å²) in [7, 11) is 3.40. The molecule has 0 aliphatic rings. The maximum atomic E-state index is 11.4. The Morgan fingerprint density at radius 3 is 2.88 bits per heavy atom. The fraction of sp³-hybridized carbons (Fsp3) is 0.455. The van der Waals surface area contributed by atoms with E-state index in [-0.39, 0.29) is 11.3 Å². The topological polar surface area (TPSA) is 57.7 Å². The highest BCUT2D eigenvalue weighted by atomic mass is 16.5. The van der Waals surface area contributed by atoms with Crippen molar-refractivity contribution in [2.45, 2.75) is 13.8 Å². The van der Waals surface area contributed by atoms with Crippen LogP contribution in [0.1, 0.15) is 12.6 Å². The molecule has 0 unspecified atom stereocenters. The number of pyridine rings is 1. The van der Waals surface area contributed by atoms with Crippen LogP contribution in [0, 0.1) is 6.92 Å². The largest absolute Gasteiger partial charge is 0.491 e. The number of aromatic nitrogens is 1. The second-order valence-corrected chi connectivity index (χ2v) is 3.49. The summed E-state index contributed by atoms with van der Waals surface area (Å²) in [6.45, 7) is 4.72. The molecule has 0 aromatic carbocycles. The van der Waals surface area contributed by atoms with Crippen LogP contribution in [0.15, 0.2) is 15.9 Å². The van der Waals surface area contributed by atoms with Gasteiger partial charge in [-0.15, -0.1) is 0 Å². The van der Waals surface area contributed by atoms with Crippen molar-refractivity contribution in [2.24, 2.45) is 4.99 Å². The van der Waals surface area contributed by atoms with Gasteiger partial charge in [0.05, 0.1) is 19.1 Å². The fourth-order valence-electron chi connectivity index (χ4n) is 1.12. The molecule has 1 aromatic rings. The van der Waals surface area contributed by atoms with Gasteiger partial charge < -0.3 is 14.6 Å². The molecule has 0 atom stereocenters. The van der Waals surface area contributed by atoms with Crippen LogP contribution < -0.4 is 10.3 Å². The number of H-pyrrole nitrogens is 1. The van der Waals surface area contributed by atoms with Gasteiger partial charge in [0.2, 0.25) is 0 Å². The molecule has 0 spiro atoms. The molecule has 16 heavy (non-hydrogen) atoms. The first-order valence-corrected chi connectivity index (χ1v) is 5.10. The van der Waals surface area contributed by atoms with Crippen LogP contribution in [0.4, 0.5) is 5.69 Å². The van der Waals surface area contributed by atoms with E-state index in [1.54, 1.807) is 19.3 Å². The van der Waals surface area contributed by atoms with Crippen LogP contribution in [0.3, 0.4) is 0 Å². The fourth-order valence-corrected chi connectivity index (χ4v) is 1.12. The Hall–Kier alpha value is -1.78. The molecular formula is C11H17N3O2. The molecule has 0 aliphatic carbocycles. The van der Waals surface area contributed by atoms with E-state index in [0.717, 1.165) is 12.2 Å². The third-order valence-electron chi connectivity index (χ3n) is 2.29. The van der Waals surface area contributed by atoms with Crippen LogP contribution >= 0.6 is 0 Å². The van der Waals surface area contributed by atoms with Crippen LogP contribution in [0.2, 0.25) is 0 Å². The van der Waals surface area contributed by atoms with Gasteiger partial charge >= 0.3 is 0 Å². The van der Waals surface area contributed by atoms with Crippen molar-refractivity contribution < 1.29 is 4.74 Å². The smallest absolute Gasteiger partial charge is 0.290 e. The number of nitrogens with zero attached hydrogens (tertiary/aromatic N) is 2. The Kier molecular flexibility index (Phi) is 4.10. The van der Waals surface area contributed by atoms with Crippen LogP contribution in [0.5, 0.6) is 5.75 Å². The molecule has 0 fully saturated rings. The number of ether oxygens (including phenoxy) is 1. The third-order valence-corrected chi connectivity index (χ3v) is 2.29. The summed E-state index contributed by atoms with van der Waals surface area (Å²) in [6, 6.07) is 1.63. The highest BCUT2D eigenvalue weighted by molar-refractivity contribution is 5.62. The Balaban J connectivity index is 3.05. The van der Waals surface area contributed by atoms with E-state index in [4.69, 9.17) is 4.74 Å². The lowest BCUT2D eigenvalue weighted by atomic mass is 10.3. The van der Waals surface area contributed by atoms with E-state index in [2.05, 4.69) is 9.98 Å². The summed E-state index contributed by atoms with van der Waals surface area (Å²) < 4.78 is 4.94. The summed E-state index contributed by atoms with van der Waals surface area (Å²) >= 11 is 0. The quantitative estimate of drug-likeness (QED) is 0.618. The predicted molar refractivity (Wildman–Crippen MR) is 64.8 cm³/mol. The predicted octanol–water partition coefficient (Wildman–Crippen LogP) is 1.30. The van der Waals surface area contributed by atoms with Gasteiger partial charge in [0.15, 0.2) is 5.75 Å². The molecule has 5 nitrogen and oxygen atoms in total. The number of nitrogens with one attached hydrogen (secondary N) is 1. The van der Waals surface area contributed by atoms with E-state index in [0.29, 0.717) is 5.69 Å². The van der Waals surface area contributed by atoms with Gasteiger partial charge in [-0.3, -0.25) is 4.79 Å². The minimum atomic E-state index is -0.234. The van der Waals surface area contributed by atoms with Gasteiger partial charge in [0, 0.05) is 25.4 Å². The molecule has 5 heteroatoms. The maximum absolute atomic E-state index is 11.4. The summed E-state index contributed by atoms with van der Waals surface area (Å²) in [5.41, 5.74) is 1.20. The molecule has 1 N–H and O–H groups in total. The van der Waals surface area contributed by atoms with Gasteiger partial charge in [-0.05, 0) is 13.8 Å². The SMILES string of the molecule is CCN(C)C=Nc1cc(OC)c(=O)[nH]c1C. The minimum absolute atomic E-state index is 0.234. The molecule has 1 aromatic heterocycles. The van der Waals surface area contributed by atoms with E-state index < -0.39 is 0 Å². The van der Waals surface area contributed by atoms with Crippen LogP contribution in [-0.4, -0.2) is 36.9 Å². The number of aromatic amines is 1. The Morgan fingerprint density at radius 1 is 1.62 bits per heavy atom. The van der Waals surface area contributed by atoms with Crippen molar-refractivity contribution in [3.8, 4) is 5.75 Å². The number of hydrogen-bond donors (Lipinski definition) is 1. The van der Waals surface area contributed by atoms with Crippen LogP contribution in [0.25, 0.3) is 0 Å². The molecule has 0 radical (unpaired) electrons. The van der Waals surface area contributed by atoms with Crippen molar-refractivity contribution in [2.75, 3.05) is 20.7 Å². The minimum Gasteiger partial charge on any atom is -0.491 e. The zero-order chi connectivity index (χ0) is 12.1. The lowest BCUT2D eigenvalue weighted by molar-refractivity contribution is 0.408. The van der Waals surface area contributed by atoms with Crippen LogP contribution in [-0.2, 0) is 0 Å². The lowest BCUT2D eigenvalue weighted by Gasteiger charge is -2.09. The number of methoxy groups -OCH3 is 1. The average Bonchev–Trinajstić information content (AvgIpc) is 2.27. The molecule has 0 saturated carbocycles. The molecule has 0 bridgehead atoms. The maximum Gasteiger partial charge on any atom is 0.290 e. The first kappa shape index (κ1) is 12.3. The molecule has 0 amide bonds. The summed E-state index contributed by atoms with van der Waals surface area (Å²) in [5.74, 6) is 0.275.